The van der Waals surface area contributed by atoms with Gasteiger partial charge in [-0.05, 0) is 29.8 Å². The number of nitrogens with zero attached hydrogens (tertiary/aromatic N) is 4. The van der Waals surface area contributed by atoms with Crippen LogP contribution in [0.15, 0.2) is 71.2 Å². The SMILES string of the molecule is C=CCn1c(SCc2cccc(F)c2)nnc1-c1cccc(S(=O)(=O)N2CCOCC2)c1. The van der Waals surface area contributed by atoms with Gasteiger partial charge in [-0.25, -0.2) is 12.8 Å². The standard InChI is InChI=1S/C22H23FN4O3S2/c1-2-9-27-21(24-25-22(27)31-16-17-5-3-7-19(23)14-17)18-6-4-8-20(15-18)32(28,29)26-10-12-30-13-11-26/h2-8,14-15H,1,9-13,16H2. The predicted octanol–water partition coefficient (Wildman–Crippen LogP) is 3.58. The number of thioether (sulfide) groups is 1. The molecular formula is C22H23FN4O3S2. The van der Waals surface area contributed by atoms with E-state index in [-0.39, 0.29) is 10.7 Å². The molecule has 0 bridgehead atoms. The van der Waals surface area contributed by atoms with Gasteiger partial charge in [-0.2, -0.15) is 4.31 Å². The molecular weight excluding hydrogens is 451 g/mol. The number of morpholine rings is 1. The topological polar surface area (TPSA) is 77.3 Å². The number of aromatic nitrogens is 3. The third kappa shape index (κ3) is 4.93. The van der Waals surface area contributed by atoms with Crippen molar-refractivity contribution in [2.45, 2.75) is 22.3 Å². The van der Waals surface area contributed by atoms with Crippen molar-refractivity contribution < 1.29 is 17.5 Å². The van der Waals surface area contributed by atoms with Gasteiger partial charge in [-0.15, -0.1) is 16.8 Å². The highest BCUT2D eigenvalue weighted by atomic mass is 32.2. The van der Waals surface area contributed by atoms with Gasteiger partial charge in [0.05, 0.1) is 18.1 Å². The normalized spacial score (nSPS) is 15.0. The lowest BCUT2D eigenvalue weighted by atomic mass is 10.2. The maximum atomic E-state index is 13.5. The van der Waals surface area contributed by atoms with Crippen LogP contribution >= 0.6 is 11.8 Å². The Kier molecular flexibility index (Phi) is 7.04. The maximum absolute atomic E-state index is 13.5. The highest BCUT2D eigenvalue weighted by Gasteiger charge is 2.27. The van der Waals surface area contributed by atoms with Gasteiger partial charge in [0.1, 0.15) is 5.82 Å². The second-order valence-electron chi connectivity index (χ2n) is 7.17. The van der Waals surface area contributed by atoms with Crippen molar-refractivity contribution in [1.82, 2.24) is 19.1 Å². The summed E-state index contributed by atoms with van der Waals surface area (Å²) in [5.74, 6) is 0.790. The molecule has 3 aromatic rings. The van der Waals surface area contributed by atoms with E-state index in [1.807, 2.05) is 16.7 Å². The van der Waals surface area contributed by atoms with Crippen molar-refractivity contribution in [2.24, 2.45) is 0 Å². The minimum atomic E-state index is -3.63. The third-order valence-electron chi connectivity index (χ3n) is 4.99. The number of hydrogen-bond donors (Lipinski definition) is 0. The second-order valence-corrected chi connectivity index (χ2v) is 10.0. The Bertz CT molecular complexity index is 1210. The molecule has 0 unspecified atom stereocenters. The lowest BCUT2D eigenvalue weighted by molar-refractivity contribution is 0.0730. The molecule has 1 aromatic heterocycles. The first-order valence-corrected chi connectivity index (χ1v) is 12.5. The molecule has 0 amide bonds. The minimum Gasteiger partial charge on any atom is -0.379 e. The molecule has 0 spiro atoms. The summed E-state index contributed by atoms with van der Waals surface area (Å²) in [6, 6.07) is 13.1. The van der Waals surface area contributed by atoms with Gasteiger partial charge in [0.15, 0.2) is 11.0 Å². The summed E-state index contributed by atoms with van der Waals surface area (Å²) < 4.78 is 48.1. The largest absolute Gasteiger partial charge is 0.379 e. The molecule has 0 radical (unpaired) electrons. The first-order valence-electron chi connectivity index (χ1n) is 10.1. The predicted molar refractivity (Wildman–Crippen MR) is 121 cm³/mol. The number of sulfonamides is 1. The average Bonchev–Trinajstić information content (AvgIpc) is 3.21. The number of rotatable bonds is 8. The van der Waals surface area contributed by atoms with Crippen molar-refractivity contribution in [3.63, 3.8) is 0 Å². The number of halogens is 1. The zero-order chi connectivity index (χ0) is 22.6. The van der Waals surface area contributed by atoms with Crippen LogP contribution < -0.4 is 0 Å². The number of hydrogen-bond acceptors (Lipinski definition) is 6. The molecule has 1 saturated heterocycles. The Labute approximate surface area is 191 Å². The number of ether oxygens (including phenoxy) is 1. The van der Waals surface area contributed by atoms with Crippen molar-refractivity contribution in [2.75, 3.05) is 26.3 Å². The smallest absolute Gasteiger partial charge is 0.243 e. The molecule has 0 atom stereocenters. The zero-order valence-corrected chi connectivity index (χ0v) is 19.0. The van der Waals surface area contributed by atoms with Crippen LogP contribution in [-0.2, 0) is 27.1 Å². The number of benzene rings is 2. The van der Waals surface area contributed by atoms with Gasteiger partial charge in [-0.3, -0.25) is 4.57 Å². The Morgan fingerprint density at radius 3 is 2.66 bits per heavy atom. The van der Waals surface area contributed by atoms with Crippen molar-refractivity contribution >= 4 is 21.8 Å². The summed E-state index contributed by atoms with van der Waals surface area (Å²) in [4.78, 5) is 0.207. The van der Waals surface area contributed by atoms with E-state index in [1.54, 1.807) is 30.3 Å². The molecule has 0 saturated carbocycles. The maximum Gasteiger partial charge on any atom is 0.243 e. The summed E-state index contributed by atoms with van der Waals surface area (Å²) in [5, 5.41) is 9.24. The van der Waals surface area contributed by atoms with Gasteiger partial charge < -0.3 is 4.74 Å². The molecule has 168 valence electrons. The van der Waals surface area contributed by atoms with Crippen LogP contribution in [0, 0.1) is 5.82 Å². The van der Waals surface area contributed by atoms with Crippen LogP contribution in [-0.4, -0.2) is 53.8 Å². The molecule has 7 nitrogen and oxygen atoms in total. The summed E-state index contributed by atoms with van der Waals surface area (Å²) in [6.45, 7) is 5.70. The van der Waals surface area contributed by atoms with Crippen LogP contribution in [0.4, 0.5) is 4.39 Å². The van der Waals surface area contributed by atoms with E-state index in [4.69, 9.17) is 4.74 Å². The van der Waals surface area contributed by atoms with Crippen LogP contribution in [0.1, 0.15) is 5.56 Å². The van der Waals surface area contributed by atoms with E-state index in [0.29, 0.717) is 55.1 Å². The summed E-state index contributed by atoms with van der Waals surface area (Å²) in [7, 11) is -3.63. The summed E-state index contributed by atoms with van der Waals surface area (Å²) in [5.41, 5.74) is 1.48. The fourth-order valence-corrected chi connectivity index (χ4v) is 5.75. The van der Waals surface area contributed by atoms with E-state index in [0.717, 1.165) is 5.56 Å². The summed E-state index contributed by atoms with van der Waals surface area (Å²) >= 11 is 1.43. The van der Waals surface area contributed by atoms with E-state index in [1.165, 1.54) is 28.2 Å². The van der Waals surface area contributed by atoms with Crippen molar-refractivity contribution in [3.8, 4) is 11.4 Å². The Morgan fingerprint density at radius 1 is 1.12 bits per heavy atom. The number of allylic oxidation sites excluding steroid dienone is 1. The van der Waals surface area contributed by atoms with Crippen LogP contribution in [0.3, 0.4) is 0 Å². The second kappa shape index (κ2) is 9.95. The molecule has 0 N–H and O–H groups in total. The van der Waals surface area contributed by atoms with Gasteiger partial charge >= 0.3 is 0 Å². The Balaban J connectivity index is 1.62. The quantitative estimate of drug-likeness (QED) is 0.367. The van der Waals surface area contributed by atoms with Gasteiger partial charge in [0.2, 0.25) is 10.0 Å². The molecule has 10 heteroatoms. The fourth-order valence-electron chi connectivity index (χ4n) is 3.41. The Hall–Kier alpha value is -2.53. The lowest BCUT2D eigenvalue weighted by Gasteiger charge is -2.26. The molecule has 2 aromatic carbocycles. The summed E-state index contributed by atoms with van der Waals surface area (Å²) in [6.07, 6.45) is 1.73. The molecule has 1 aliphatic rings. The van der Waals surface area contributed by atoms with Crippen LogP contribution in [0.25, 0.3) is 11.4 Å². The Morgan fingerprint density at radius 2 is 1.91 bits per heavy atom. The minimum absolute atomic E-state index is 0.207. The van der Waals surface area contributed by atoms with Crippen molar-refractivity contribution in [3.05, 3.63) is 72.6 Å². The fraction of sp³-hybridized carbons (Fsp3) is 0.273. The lowest BCUT2D eigenvalue weighted by Crippen LogP contribution is -2.40. The first kappa shape index (κ1) is 22.7. The van der Waals surface area contributed by atoms with E-state index in [2.05, 4.69) is 16.8 Å². The van der Waals surface area contributed by atoms with Crippen LogP contribution in [0.2, 0.25) is 0 Å². The highest BCUT2D eigenvalue weighted by molar-refractivity contribution is 7.98. The van der Waals surface area contributed by atoms with Crippen LogP contribution in [0.5, 0.6) is 0 Å². The van der Waals surface area contributed by atoms with E-state index >= 15 is 0 Å². The van der Waals surface area contributed by atoms with Gasteiger partial charge in [0, 0.05) is 31.0 Å². The van der Waals surface area contributed by atoms with Gasteiger partial charge in [0.25, 0.3) is 0 Å². The highest BCUT2D eigenvalue weighted by Crippen LogP contribution is 2.28. The van der Waals surface area contributed by atoms with Crippen molar-refractivity contribution in [1.29, 1.82) is 0 Å². The van der Waals surface area contributed by atoms with Gasteiger partial charge in [-0.1, -0.05) is 42.1 Å². The third-order valence-corrected chi connectivity index (χ3v) is 7.92. The molecule has 0 aliphatic carbocycles. The molecule has 4 rings (SSSR count). The first-order chi connectivity index (χ1) is 15.5. The average molecular weight is 475 g/mol. The van der Waals surface area contributed by atoms with E-state index in [9.17, 15) is 12.8 Å². The monoisotopic (exact) mass is 474 g/mol. The zero-order valence-electron chi connectivity index (χ0n) is 17.4. The molecule has 2 heterocycles. The van der Waals surface area contributed by atoms with E-state index < -0.39 is 10.0 Å². The molecule has 32 heavy (non-hydrogen) atoms. The molecule has 1 fully saturated rings. The molecule has 1 aliphatic heterocycles.